The van der Waals surface area contributed by atoms with Crippen LogP contribution < -0.4 is 10.1 Å². The second-order valence-corrected chi connectivity index (χ2v) is 5.03. The zero-order valence-corrected chi connectivity index (χ0v) is 12.1. The smallest absolute Gasteiger partial charge is 0.264 e. The molecule has 1 heterocycles. The molecule has 0 radical (unpaired) electrons. The van der Waals surface area contributed by atoms with E-state index < -0.39 is 0 Å². The second-order valence-electron chi connectivity index (χ2n) is 4.21. The lowest BCUT2D eigenvalue weighted by Crippen LogP contribution is -2.52. The summed E-state index contributed by atoms with van der Waals surface area (Å²) in [6, 6.07) is 10.6. The van der Waals surface area contributed by atoms with E-state index in [1.807, 2.05) is 32.0 Å². The van der Waals surface area contributed by atoms with Gasteiger partial charge >= 0.3 is 5.91 Å². The van der Waals surface area contributed by atoms with E-state index in [4.69, 9.17) is 23.2 Å². The molecule has 2 rings (SSSR count). The summed E-state index contributed by atoms with van der Waals surface area (Å²) in [6.07, 6.45) is 0. The first kappa shape index (κ1) is 13.8. The van der Waals surface area contributed by atoms with Crippen molar-refractivity contribution < 1.29 is 9.47 Å². The summed E-state index contributed by atoms with van der Waals surface area (Å²) < 4.78 is 1.73. The molecule has 0 aliphatic rings. The first-order chi connectivity index (χ1) is 8.99. The highest BCUT2D eigenvalue weighted by Gasteiger charge is 2.16. The number of halogens is 2. The Morgan fingerprint density at radius 1 is 1.05 bits per heavy atom. The number of aryl methyl sites for hydroxylation is 2. The molecule has 1 N–H and O–H groups in total. The standard InChI is InChI=1S/C14H12Cl2N2O/c1-9-4-3-5-10(2)18(9)17-14(19)11-6-7-12(15)13(16)8-11/h3-8H,1-2H3/p+1. The Kier molecular flexibility index (Phi) is 4.08. The first-order valence-corrected chi connectivity index (χ1v) is 6.49. The molecule has 0 saturated heterocycles. The normalized spacial score (nSPS) is 10.3. The second kappa shape index (κ2) is 5.59. The third-order valence-electron chi connectivity index (χ3n) is 2.78. The van der Waals surface area contributed by atoms with Crippen molar-refractivity contribution in [2.45, 2.75) is 13.8 Å². The lowest BCUT2D eigenvalue weighted by atomic mass is 10.2. The summed E-state index contributed by atoms with van der Waals surface area (Å²) in [6.45, 7) is 3.84. The Hall–Kier alpha value is -1.58. The fraction of sp³-hybridized carbons (Fsp3) is 0.143. The van der Waals surface area contributed by atoms with E-state index in [1.54, 1.807) is 22.9 Å². The molecule has 0 saturated carbocycles. The Morgan fingerprint density at radius 3 is 2.26 bits per heavy atom. The van der Waals surface area contributed by atoms with Gasteiger partial charge in [-0.2, -0.15) is 0 Å². The van der Waals surface area contributed by atoms with Gasteiger partial charge < -0.3 is 0 Å². The van der Waals surface area contributed by atoms with E-state index in [-0.39, 0.29) is 5.91 Å². The number of pyridine rings is 1. The van der Waals surface area contributed by atoms with Crippen LogP contribution in [0.3, 0.4) is 0 Å². The molecule has 3 nitrogen and oxygen atoms in total. The van der Waals surface area contributed by atoms with Gasteiger partial charge in [0.25, 0.3) is 0 Å². The van der Waals surface area contributed by atoms with Crippen molar-refractivity contribution in [1.29, 1.82) is 0 Å². The van der Waals surface area contributed by atoms with Crippen LogP contribution in [0.5, 0.6) is 0 Å². The van der Waals surface area contributed by atoms with Gasteiger partial charge in [-0.3, -0.25) is 4.79 Å². The summed E-state index contributed by atoms with van der Waals surface area (Å²) in [5.41, 5.74) is 5.16. The van der Waals surface area contributed by atoms with Crippen molar-refractivity contribution in [3.8, 4) is 0 Å². The molecule has 0 aliphatic heterocycles. The number of hydrogen-bond acceptors (Lipinski definition) is 1. The Bertz CT molecular complexity index is 621. The fourth-order valence-corrected chi connectivity index (χ4v) is 2.03. The summed E-state index contributed by atoms with van der Waals surface area (Å²) >= 11 is 11.7. The van der Waals surface area contributed by atoms with Crippen LogP contribution in [0, 0.1) is 13.8 Å². The highest BCUT2D eigenvalue weighted by Crippen LogP contribution is 2.22. The van der Waals surface area contributed by atoms with Crippen LogP contribution in [-0.4, -0.2) is 5.91 Å². The molecule has 0 unspecified atom stereocenters. The van der Waals surface area contributed by atoms with Gasteiger partial charge in [-0.1, -0.05) is 27.9 Å². The number of carbonyl (C=O) groups is 1. The largest absolute Gasteiger partial charge is 0.305 e. The van der Waals surface area contributed by atoms with Gasteiger partial charge in [-0.25, -0.2) is 0 Å². The predicted molar refractivity (Wildman–Crippen MR) is 76.3 cm³/mol. The Morgan fingerprint density at radius 2 is 1.68 bits per heavy atom. The molecule has 0 atom stereocenters. The zero-order chi connectivity index (χ0) is 14.0. The molecule has 0 spiro atoms. The average molecular weight is 296 g/mol. The highest BCUT2D eigenvalue weighted by atomic mass is 35.5. The zero-order valence-electron chi connectivity index (χ0n) is 10.6. The minimum absolute atomic E-state index is 0.235. The van der Waals surface area contributed by atoms with E-state index in [1.165, 1.54) is 0 Å². The maximum atomic E-state index is 12.1. The number of nitrogens with zero attached hydrogens (tertiary/aromatic N) is 1. The van der Waals surface area contributed by atoms with Crippen molar-refractivity contribution in [3.63, 3.8) is 0 Å². The molecule has 19 heavy (non-hydrogen) atoms. The SMILES string of the molecule is Cc1cccc(C)[n+]1NC(=O)c1ccc(Cl)c(Cl)c1. The van der Waals surface area contributed by atoms with Crippen molar-refractivity contribution in [2.24, 2.45) is 0 Å². The molecule has 98 valence electrons. The van der Waals surface area contributed by atoms with Gasteiger partial charge in [0.1, 0.15) is 0 Å². The summed E-state index contributed by atoms with van der Waals surface area (Å²) in [7, 11) is 0. The molecule has 1 aromatic heterocycles. The van der Waals surface area contributed by atoms with Crippen molar-refractivity contribution in [3.05, 3.63) is 63.4 Å². The molecular formula is C14H13Cl2N2O+. The minimum Gasteiger partial charge on any atom is -0.264 e. The molecular weight excluding hydrogens is 283 g/mol. The van der Waals surface area contributed by atoms with Crippen LogP contribution in [0.4, 0.5) is 0 Å². The molecule has 0 aliphatic carbocycles. The van der Waals surface area contributed by atoms with E-state index in [2.05, 4.69) is 5.43 Å². The summed E-state index contributed by atoms with van der Waals surface area (Å²) in [5.74, 6) is -0.235. The van der Waals surface area contributed by atoms with Gasteiger partial charge in [0.15, 0.2) is 0 Å². The lowest BCUT2D eigenvalue weighted by molar-refractivity contribution is -0.654. The number of hydrogen-bond donors (Lipinski definition) is 1. The third kappa shape index (κ3) is 3.06. The molecule has 5 heteroatoms. The molecule has 1 aromatic carbocycles. The maximum Gasteiger partial charge on any atom is 0.305 e. The molecule has 0 bridgehead atoms. The van der Waals surface area contributed by atoms with Gasteiger partial charge in [0.05, 0.1) is 10.0 Å². The van der Waals surface area contributed by atoms with E-state index in [0.717, 1.165) is 11.4 Å². The van der Waals surface area contributed by atoms with E-state index in [9.17, 15) is 4.79 Å². The monoisotopic (exact) mass is 295 g/mol. The van der Waals surface area contributed by atoms with Gasteiger partial charge in [-0.05, 0) is 24.3 Å². The van der Waals surface area contributed by atoms with Crippen LogP contribution >= 0.6 is 23.2 Å². The molecule has 2 aromatic rings. The fourth-order valence-electron chi connectivity index (χ4n) is 1.73. The van der Waals surface area contributed by atoms with Gasteiger partial charge in [0.2, 0.25) is 11.4 Å². The van der Waals surface area contributed by atoms with Gasteiger partial charge in [-0.15, -0.1) is 5.43 Å². The first-order valence-electron chi connectivity index (χ1n) is 5.73. The quantitative estimate of drug-likeness (QED) is 0.848. The van der Waals surface area contributed by atoms with E-state index in [0.29, 0.717) is 15.6 Å². The topological polar surface area (TPSA) is 33.0 Å². The van der Waals surface area contributed by atoms with Crippen molar-refractivity contribution in [2.75, 3.05) is 5.43 Å². The molecule has 0 fully saturated rings. The summed E-state index contributed by atoms with van der Waals surface area (Å²) in [5, 5.41) is 0.791. The maximum absolute atomic E-state index is 12.1. The number of benzene rings is 1. The third-order valence-corrected chi connectivity index (χ3v) is 3.51. The van der Waals surface area contributed by atoms with Crippen molar-refractivity contribution >= 4 is 29.1 Å². The minimum atomic E-state index is -0.235. The van der Waals surface area contributed by atoms with Crippen LogP contribution in [0.25, 0.3) is 0 Å². The number of rotatable bonds is 2. The van der Waals surface area contributed by atoms with E-state index >= 15 is 0 Å². The van der Waals surface area contributed by atoms with Crippen molar-refractivity contribution in [1.82, 2.24) is 0 Å². The average Bonchev–Trinajstić information content (AvgIpc) is 2.37. The van der Waals surface area contributed by atoms with Crippen LogP contribution in [-0.2, 0) is 0 Å². The highest BCUT2D eigenvalue weighted by molar-refractivity contribution is 6.42. The van der Waals surface area contributed by atoms with Crippen LogP contribution in [0.1, 0.15) is 21.7 Å². The lowest BCUT2D eigenvalue weighted by Gasteiger charge is -2.05. The number of nitrogens with one attached hydrogen (secondary N) is 1. The number of aromatic nitrogens is 1. The van der Waals surface area contributed by atoms with Crippen LogP contribution in [0.15, 0.2) is 36.4 Å². The number of amides is 1. The van der Waals surface area contributed by atoms with Gasteiger partial charge in [0, 0.05) is 31.5 Å². The Balaban J connectivity index is 2.28. The summed E-state index contributed by atoms with van der Waals surface area (Å²) in [4.78, 5) is 12.1. The predicted octanol–water partition coefficient (Wildman–Crippen LogP) is 3.28. The van der Waals surface area contributed by atoms with Crippen LogP contribution in [0.2, 0.25) is 10.0 Å². The molecule has 1 amide bonds. The number of carbonyl (C=O) groups excluding carboxylic acids is 1. The Labute approximate surface area is 121 Å².